The van der Waals surface area contributed by atoms with E-state index in [0.717, 1.165) is 5.56 Å². The molecule has 1 atom stereocenters. The molecule has 2 aromatic rings. The van der Waals surface area contributed by atoms with Crippen LogP contribution in [-0.4, -0.2) is 8.42 Å². The molecule has 0 spiro atoms. The van der Waals surface area contributed by atoms with Gasteiger partial charge in [0, 0.05) is 15.5 Å². The number of halogens is 2. The largest absolute Gasteiger partial charge is 0.241 e. The summed E-state index contributed by atoms with van der Waals surface area (Å²) in [7, 11) is -3.59. The summed E-state index contributed by atoms with van der Waals surface area (Å²) in [5.74, 6) is 0. The summed E-state index contributed by atoms with van der Waals surface area (Å²) in [6.45, 7) is 1.76. The van der Waals surface area contributed by atoms with Gasteiger partial charge in [-0.15, -0.1) is 0 Å². The minimum Gasteiger partial charge on any atom is -0.207 e. The number of hydrogen-bond donors (Lipinski definition) is 1. The summed E-state index contributed by atoms with van der Waals surface area (Å²) in [6.07, 6.45) is 0. The molecule has 0 amide bonds. The first-order valence-electron chi connectivity index (χ1n) is 5.92. The average molecular weight is 375 g/mol. The van der Waals surface area contributed by atoms with E-state index < -0.39 is 16.1 Å². The van der Waals surface area contributed by atoms with Gasteiger partial charge in [0.25, 0.3) is 0 Å². The first-order chi connectivity index (χ1) is 9.40. The van der Waals surface area contributed by atoms with Gasteiger partial charge in [-0.2, -0.15) is 0 Å². The summed E-state index contributed by atoms with van der Waals surface area (Å²) in [5.41, 5.74) is 0.743. The number of nitrogens with one attached hydrogen (secondary N) is 1. The van der Waals surface area contributed by atoms with E-state index in [1.54, 1.807) is 49.4 Å². The molecule has 1 N–H and O–H groups in total. The van der Waals surface area contributed by atoms with Crippen molar-refractivity contribution in [2.75, 3.05) is 0 Å². The minimum atomic E-state index is -3.59. The second-order valence-corrected chi connectivity index (χ2v) is 7.36. The van der Waals surface area contributed by atoms with E-state index in [4.69, 9.17) is 11.6 Å². The summed E-state index contributed by atoms with van der Waals surface area (Å²) in [4.78, 5) is 0.214. The van der Waals surface area contributed by atoms with Gasteiger partial charge in [-0.25, -0.2) is 13.1 Å². The van der Waals surface area contributed by atoms with Crippen molar-refractivity contribution in [3.05, 3.63) is 63.6 Å². The fourth-order valence-electron chi connectivity index (χ4n) is 1.82. The van der Waals surface area contributed by atoms with Gasteiger partial charge in [0.05, 0.1) is 4.90 Å². The lowest BCUT2D eigenvalue weighted by Gasteiger charge is -2.16. The van der Waals surface area contributed by atoms with E-state index >= 15 is 0 Å². The fraction of sp³-hybridized carbons (Fsp3) is 0.143. The van der Waals surface area contributed by atoms with Gasteiger partial charge in [0.1, 0.15) is 0 Å². The molecule has 0 aliphatic rings. The lowest BCUT2D eigenvalue weighted by molar-refractivity contribution is 0.567. The molecule has 2 aromatic carbocycles. The van der Waals surface area contributed by atoms with Gasteiger partial charge in [-0.1, -0.05) is 51.8 Å². The van der Waals surface area contributed by atoms with E-state index in [0.29, 0.717) is 9.50 Å². The van der Waals surface area contributed by atoms with E-state index in [9.17, 15) is 8.42 Å². The zero-order valence-electron chi connectivity index (χ0n) is 10.7. The van der Waals surface area contributed by atoms with Crippen LogP contribution in [0.25, 0.3) is 0 Å². The third kappa shape index (κ3) is 3.61. The molecule has 0 bridgehead atoms. The Kier molecular flexibility index (Phi) is 4.86. The molecule has 0 aromatic heterocycles. The van der Waals surface area contributed by atoms with Gasteiger partial charge in [0.15, 0.2) is 0 Å². The van der Waals surface area contributed by atoms with Crippen LogP contribution in [0.1, 0.15) is 18.5 Å². The van der Waals surface area contributed by atoms with Crippen molar-refractivity contribution in [2.45, 2.75) is 17.9 Å². The van der Waals surface area contributed by atoms with Crippen molar-refractivity contribution in [1.29, 1.82) is 0 Å². The Bertz CT molecular complexity index is 719. The molecule has 0 saturated carbocycles. The van der Waals surface area contributed by atoms with Gasteiger partial charge in [-0.3, -0.25) is 0 Å². The van der Waals surface area contributed by atoms with Crippen molar-refractivity contribution in [3.8, 4) is 0 Å². The normalized spacial score (nSPS) is 13.2. The van der Waals surface area contributed by atoms with E-state index in [1.807, 2.05) is 6.07 Å². The third-order valence-corrected chi connectivity index (χ3v) is 5.19. The van der Waals surface area contributed by atoms with Gasteiger partial charge >= 0.3 is 0 Å². The molecule has 0 radical (unpaired) electrons. The molecule has 0 aliphatic heterocycles. The van der Waals surface area contributed by atoms with Crippen LogP contribution in [0.15, 0.2) is 57.9 Å². The first kappa shape index (κ1) is 15.5. The van der Waals surface area contributed by atoms with Crippen molar-refractivity contribution in [2.24, 2.45) is 0 Å². The predicted octanol–water partition coefficient (Wildman–Crippen LogP) is 4.14. The average Bonchev–Trinajstić information content (AvgIpc) is 2.38. The minimum absolute atomic E-state index is 0.214. The summed E-state index contributed by atoms with van der Waals surface area (Å²) >= 11 is 9.34. The van der Waals surface area contributed by atoms with Gasteiger partial charge in [-0.05, 0) is 36.8 Å². The highest BCUT2D eigenvalue weighted by Crippen LogP contribution is 2.24. The number of rotatable bonds is 4. The highest BCUT2D eigenvalue weighted by atomic mass is 79.9. The Morgan fingerprint density at radius 2 is 1.85 bits per heavy atom. The molecule has 3 nitrogen and oxygen atoms in total. The SMILES string of the molecule is C[C@H](NS(=O)(=O)c1cccc(Br)c1)c1ccccc1Cl. The topological polar surface area (TPSA) is 46.2 Å². The van der Waals surface area contributed by atoms with Crippen molar-refractivity contribution in [1.82, 2.24) is 4.72 Å². The zero-order valence-corrected chi connectivity index (χ0v) is 13.8. The van der Waals surface area contributed by atoms with Crippen molar-refractivity contribution < 1.29 is 8.42 Å². The smallest absolute Gasteiger partial charge is 0.207 e. The molecule has 0 heterocycles. The monoisotopic (exact) mass is 373 g/mol. The van der Waals surface area contributed by atoms with E-state index in [-0.39, 0.29) is 4.90 Å². The number of sulfonamides is 1. The molecule has 2 rings (SSSR count). The van der Waals surface area contributed by atoms with Crippen LogP contribution in [0, 0.1) is 0 Å². The van der Waals surface area contributed by atoms with Crippen molar-refractivity contribution >= 4 is 37.6 Å². The molecule has 20 heavy (non-hydrogen) atoms. The van der Waals surface area contributed by atoms with Crippen molar-refractivity contribution in [3.63, 3.8) is 0 Å². The van der Waals surface area contributed by atoms with Crippen LogP contribution in [-0.2, 0) is 10.0 Å². The summed E-state index contributed by atoms with van der Waals surface area (Å²) in [5, 5.41) is 0.539. The molecule has 0 saturated heterocycles. The second kappa shape index (κ2) is 6.26. The fourth-order valence-corrected chi connectivity index (χ4v) is 3.94. The van der Waals surface area contributed by atoms with E-state index in [1.165, 1.54) is 0 Å². The standard InChI is InChI=1S/C14H13BrClNO2S/c1-10(13-7-2-3-8-14(13)16)17-20(18,19)12-6-4-5-11(15)9-12/h2-10,17H,1H3/t10-/m0/s1. The maximum atomic E-state index is 12.3. The zero-order chi connectivity index (χ0) is 14.8. The number of benzene rings is 2. The molecular formula is C14H13BrClNO2S. The maximum absolute atomic E-state index is 12.3. The lowest BCUT2D eigenvalue weighted by Crippen LogP contribution is -2.27. The second-order valence-electron chi connectivity index (χ2n) is 4.32. The molecular weight excluding hydrogens is 362 g/mol. The van der Waals surface area contributed by atoms with Crippen LogP contribution in [0.4, 0.5) is 0 Å². The van der Waals surface area contributed by atoms with Crippen LogP contribution in [0.2, 0.25) is 5.02 Å². The van der Waals surface area contributed by atoms with Crippen LogP contribution in [0.5, 0.6) is 0 Å². The van der Waals surface area contributed by atoms with E-state index in [2.05, 4.69) is 20.7 Å². The Morgan fingerprint density at radius 1 is 1.15 bits per heavy atom. The predicted molar refractivity (Wildman–Crippen MR) is 84.3 cm³/mol. The van der Waals surface area contributed by atoms with Gasteiger partial charge in [0.2, 0.25) is 10.0 Å². The Hall–Kier alpha value is -0.880. The first-order valence-corrected chi connectivity index (χ1v) is 8.58. The molecule has 0 aliphatic carbocycles. The lowest BCUT2D eigenvalue weighted by atomic mass is 10.1. The summed E-state index contributed by atoms with van der Waals surface area (Å²) in [6, 6.07) is 13.3. The van der Waals surface area contributed by atoms with Crippen LogP contribution in [0.3, 0.4) is 0 Å². The maximum Gasteiger partial charge on any atom is 0.241 e. The quantitative estimate of drug-likeness (QED) is 0.874. The number of hydrogen-bond acceptors (Lipinski definition) is 2. The highest BCUT2D eigenvalue weighted by molar-refractivity contribution is 9.10. The molecule has 6 heteroatoms. The summed E-state index contributed by atoms with van der Waals surface area (Å²) < 4.78 is 27.9. The molecule has 106 valence electrons. The highest BCUT2D eigenvalue weighted by Gasteiger charge is 2.19. The molecule has 0 fully saturated rings. The Labute approximate surface area is 132 Å². The third-order valence-electron chi connectivity index (χ3n) is 2.81. The van der Waals surface area contributed by atoms with Gasteiger partial charge < -0.3 is 0 Å². The Morgan fingerprint density at radius 3 is 2.50 bits per heavy atom. The van der Waals surface area contributed by atoms with Crippen LogP contribution < -0.4 is 4.72 Å². The molecule has 0 unspecified atom stereocenters. The van der Waals surface area contributed by atoms with Crippen LogP contribution >= 0.6 is 27.5 Å². The Balaban J connectivity index is 2.27.